The van der Waals surface area contributed by atoms with Gasteiger partial charge in [0.1, 0.15) is 5.82 Å². The summed E-state index contributed by atoms with van der Waals surface area (Å²) in [5, 5.41) is 9.11. The zero-order chi connectivity index (χ0) is 13.0. The Kier molecular flexibility index (Phi) is 3.95. The van der Waals surface area contributed by atoms with Gasteiger partial charge in [0.15, 0.2) is 0 Å². The van der Waals surface area contributed by atoms with Gasteiger partial charge in [-0.15, -0.1) is 0 Å². The second kappa shape index (κ2) is 5.65. The van der Waals surface area contributed by atoms with E-state index in [4.69, 9.17) is 5.11 Å². The predicted octanol–water partition coefficient (Wildman–Crippen LogP) is 3.04. The second-order valence-electron chi connectivity index (χ2n) is 4.22. The van der Waals surface area contributed by atoms with Crippen molar-refractivity contribution in [1.29, 1.82) is 0 Å². The van der Waals surface area contributed by atoms with E-state index in [1.54, 1.807) is 6.20 Å². The number of para-hydroxylation sites is 1. The minimum atomic E-state index is 0.0333. The topological polar surface area (TPSA) is 36.4 Å². The van der Waals surface area contributed by atoms with E-state index in [1.165, 1.54) is 0 Å². The van der Waals surface area contributed by atoms with Gasteiger partial charge in [0.25, 0.3) is 0 Å². The van der Waals surface area contributed by atoms with Crippen molar-refractivity contribution < 1.29 is 5.11 Å². The van der Waals surface area contributed by atoms with E-state index in [1.807, 2.05) is 31.2 Å². The van der Waals surface area contributed by atoms with Crippen molar-refractivity contribution in [1.82, 2.24) is 4.98 Å². The Morgan fingerprint density at radius 2 is 1.94 bits per heavy atom. The van der Waals surface area contributed by atoms with Gasteiger partial charge in [0.05, 0.1) is 6.61 Å². The molecule has 94 valence electrons. The van der Waals surface area contributed by atoms with E-state index >= 15 is 0 Å². The monoisotopic (exact) mass is 242 g/mol. The highest BCUT2D eigenvalue weighted by atomic mass is 16.3. The number of aliphatic hydroxyl groups excluding tert-OH is 1. The van der Waals surface area contributed by atoms with Crippen LogP contribution in [-0.4, -0.2) is 16.6 Å². The molecule has 0 aliphatic carbocycles. The summed E-state index contributed by atoms with van der Waals surface area (Å²) in [6, 6.07) is 12.2. The molecule has 0 aliphatic heterocycles. The van der Waals surface area contributed by atoms with Crippen molar-refractivity contribution in [3.8, 4) is 0 Å². The Hall–Kier alpha value is -1.87. The maximum Gasteiger partial charge on any atom is 0.135 e. The highest BCUT2D eigenvalue weighted by Gasteiger charge is 2.11. The molecule has 1 heterocycles. The lowest BCUT2D eigenvalue weighted by Gasteiger charge is -2.24. The molecule has 1 aromatic carbocycles. The fraction of sp³-hybridized carbons (Fsp3) is 0.267. The number of rotatable bonds is 4. The first kappa shape index (κ1) is 12.6. The van der Waals surface area contributed by atoms with Gasteiger partial charge in [-0.3, -0.25) is 0 Å². The van der Waals surface area contributed by atoms with E-state index in [2.05, 4.69) is 28.9 Å². The van der Waals surface area contributed by atoms with Crippen LogP contribution in [0.15, 0.2) is 42.6 Å². The van der Waals surface area contributed by atoms with Crippen LogP contribution in [0.1, 0.15) is 18.1 Å². The molecule has 0 radical (unpaired) electrons. The number of anilines is 2. The third kappa shape index (κ3) is 2.51. The Morgan fingerprint density at radius 1 is 1.22 bits per heavy atom. The summed E-state index contributed by atoms with van der Waals surface area (Å²) in [5.74, 6) is 0.945. The lowest BCUT2D eigenvalue weighted by atomic mass is 10.2. The molecule has 0 bridgehead atoms. The van der Waals surface area contributed by atoms with Crippen molar-refractivity contribution >= 4 is 11.5 Å². The molecule has 3 nitrogen and oxygen atoms in total. The Balaban J connectivity index is 2.39. The first-order chi connectivity index (χ1) is 8.76. The molecule has 3 heteroatoms. The molecule has 18 heavy (non-hydrogen) atoms. The molecular weight excluding hydrogens is 224 g/mol. The van der Waals surface area contributed by atoms with Crippen LogP contribution in [-0.2, 0) is 6.61 Å². The molecule has 0 fully saturated rings. The van der Waals surface area contributed by atoms with E-state index < -0.39 is 0 Å². The van der Waals surface area contributed by atoms with Crippen LogP contribution in [0, 0.1) is 6.92 Å². The van der Waals surface area contributed by atoms with E-state index in [0.29, 0.717) is 0 Å². The van der Waals surface area contributed by atoms with Crippen molar-refractivity contribution in [3.05, 3.63) is 53.7 Å². The lowest BCUT2D eigenvalue weighted by molar-refractivity contribution is 0.281. The number of pyridine rings is 1. The number of aromatic nitrogens is 1. The fourth-order valence-electron chi connectivity index (χ4n) is 2.06. The highest BCUT2D eigenvalue weighted by Crippen LogP contribution is 2.26. The number of hydrogen-bond acceptors (Lipinski definition) is 3. The molecular formula is C15H18N2O. The van der Waals surface area contributed by atoms with Crippen LogP contribution in [0.25, 0.3) is 0 Å². The molecule has 1 N–H and O–H groups in total. The number of benzene rings is 1. The Labute approximate surface area is 108 Å². The van der Waals surface area contributed by atoms with Crippen molar-refractivity contribution in [2.24, 2.45) is 0 Å². The first-order valence-electron chi connectivity index (χ1n) is 6.15. The summed E-state index contributed by atoms with van der Waals surface area (Å²) in [6.07, 6.45) is 1.73. The smallest absolute Gasteiger partial charge is 0.135 e. The maximum atomic E-state index is 9.11. The molecule has 0 atom stereocenters. The molecule has 0 saturated carbocycles. The maximum absolute atomic E-state index is 9.11. The van der Waals surface area contributed by atoms with Crippen LogP contribution >= 0.6 is 0 Å². The Bertz CT molecular complexity index is 511. The average molecular weight is 242 g/mol. The van der Waals surface area contributed by atoms with Gasteiger partial charge < -0.3 is 10.0 Å². The van der Waals surface area contributed by atoms with Crippen LogP contribution in [0.3, 0.4) is 0 Å². The van der Waals surface area contributed by atoms with Crippen molar-refractivity contribution in [2.75, 3.05) is 11.4 Å². The third-order valence-electron chi connectivity index (χ3n) is 2.93. The van der Waals surface area contributed by atoms with Gasteiger partial charge in [-0.2, -0.15) is 0 Å². The molecule has 0 amide bonds. The van der Waals surface area contributed by atoms with E-state index in [0.717, 1.165) is 29.2 Å². The van der Waals surface area contributed by atoms with Crippen molar-refractivity contribution in [3.63, 3.8) is 0 Å². The lowest BCUT2D eigenvalue weighted by Crippen LogP contribution is -2.18. The summed E-state index contributed by atoms with van der Waals surface area (Å²) >= 11 is 0. The molecule has 0 spiro atoms. The number of hydrogen-bond donors (Lipinski definition) is 1. The van der Waals surface area contributed by atoms with Gasteiger partial charge in [-0.25, -0.2) is 4.98 Å². The SMILES string of the molecule is CCN(c1ccccc1)c1ncc(CO)cc1C. The standard InChI is InChI=1S/C15H18N2O/c1-3-17(14-7-5-4-6-8-14)15-12(2)9-13(11-18)10-16-15/h4-10,18H,3,11H2,1-2H3. The normalized spacial score (nSPS) is 10.4. The molecule has 2 rings (SSSR count). The largest absolute Gasteiger partial charge is 0.392 e. The fourth-order valence-corrected chi connectivity index (χ4v) is 2.06. The second-order valence-corrected chi connectivity index (χ2v) is 4.22. The molecule has 1 aromatic heterocycles. The summed E-state index contributed by atoms with van der Waals surface area (Å²) in [7, 11) is 0. The van der Waals surface area contributed by atoms with Gasteiger partial charge >= 0.3 is 0 Å². The van der Waals surface area contributed by atoms with Crippen LogP contribution in [0.2, 0.25) is 0 Å². The first-order valence-corrected chi connectivity index (χ1v) is 6.15. The minimum Gasteiger partial charge on any atom is -0.392 e. The number of aryl methyl sites for hydroxylation is 1. The van der Waals surface area contributed by atoms with Crippen LogP contribution in [0.4, 0.5) is 11.5 Å². The van der Waals surface area contributed by atoms with Crippen molar-refractivity contribution in [2.45, 2.75) is 20.5 Å². The number of aliphatic hydroxyl groups is 1. The summed E-state index contributed by atoms with van der Waals surface area (Å²) in [4.78, 5) is 6.63. The van der Waals surface area contributed by atoms with Crippen LogP contribution < -0.4 is 4.90 Å². The summed E-state index contributed by atoms with van der Waals surface area (Å²) in [6.45, 7) is 5.02. The third-order valence-corrected chi connectivity index (χ3v) is 2.93. The molecule has 0 aliphatic rings. The molecule has 2 aromatic rings. The van der Waals surface area contributed by atoms with Gasteiger partial charge in [-0.05, 0) is 43.2 Å². The van der Waals surface area contributed by atoms with E-state index in [-0.39, 0.29) is 6.61 Å². The number of nitrogens with zero attached hydrogens (tertiary/aromatic N) is 2. The minimum absolute atomic E-state index is 0.0333. The van der Waals surface area contributed by atoms with Gasteiger partial charge in [-0.1, -0.05) is 18.2 Å². The van der Waals surface area contributed by atoms with Crippen LogP contribution in [0.5, 0.6) is 0 Å². The summed E-state index contributed by atoms with van der Waals surface area (Å²) < 4.78 is 0. The quantitative estimate of drug-likeness (QED) is 0.895. The molecule has 0 unspecified atom stereocenters. The zero-order valence-corrected chi connectivity index (χ0v) is 10.8. The highest BCUT2D eigenvalue weighted by molar-refractivity contribution is 5.62. The molecule has 0 saturated heterocycles. The van der Waals surface area contributed by atoms with Gasteiger partial charge in [0, 0.05) is 18.4 Å². The predicted molar refractivity (Wildman–Crippen MR) is 74.0 cm³/mol. The van der Waals surface area contributed by atoms with E-state index in [9.17, 15) is 0 Å². The summed E-state index contributed by atoms with van der Waals surface area (Å²) in [5.41, 5.74) is 3.06. The Morgan fingerprint density at radius 3 is 2.50 bits per heavy atom. The van der Waals surface area contributed by atoms with Gasteiger partial charge in [0.2, 0.25) is 0 Å². The average Bonchev–Trinajstić information content (AvgIpc) is 2.42. The zero-order valence-electron chi connectivity index (χ0n) is 10.8.